The van der Waals surface area contributed by atoms with E-state index < -0.39 is 10.0 Å². The zero-order valence-electron chi connectivity index (χ0n) is 14.4. The zero-order chi connectivity index (χ0) is 18.7. The molecule has 1 aliphatic rings. The average molecular weight is 415 g/mol. The molecule has 0 spiro atoms. The quantitative estimate of drug-likeness (QED) is 0.808. The Morgan fingerprint density at radius 2 is 1.85 bits per heavy atom. The van der Waals surface area contributed by atoms with Gasteiger partial charge in [0.05, 0.1) is 11.6 Å². The molecule has 6 nitrogen and oxygen atoms in total. The molecule has 1 saturated heterocycles. The van der Waals surface area contributed by atoms with Crippen LogP contribution in [0, 0.1) is 6.92 Å². The Morgan fingerprint density at radius 3 is 2.58 bits per heavy atom. The molecule has 1 N–H and O–H groups in total. The number of rotatable bonds is 5. The maximum absolute atomic E-state index is 12.5. The standard InChI is InChI=1S/C17H20Cl2N4O2S/c1-12-9-17(23-7-3-2-4-8-23)22-16(21-12)11-20-26(24,25)15-10-13(18)5-6-14(15)19/h5-6,9-10,20H,2-4,7-8,11H2,1H3. The third-order valence-electron chi connectivity index (χ3n) is 4.17. The van der Waals surface area contributed by atoms with Gasteiger partial charge in [-0.05, 0) is 44.4 Å². The van der Waals surface area contributed by atoms with Crippen molar-refractivity contribution >= 4 is 39.0 Å². The lowest BCUT2D eigenvalue weighted by Crippen LogP contribution is -2.31. The summed E-state index contributed by atoms with van der Waals surface area (Å²) in [7, 11) is -3.82. The molecule has 2 aromatic rings. The van der Waals surface area contributed by atoms with Crippen LogP contribution in [-0.2, 0) is 16.6 Å². The van der Waals surface area contributed by atoms with Crippen LogP contribution in [0.2, 0.25) is 10.0 Å². The normalized spacial score (nSPS) is 15.3. The Hall–Kier alpha value is -1.41. The molecule has 0 radical (unpaired) electrons. The summed E-state index contributed by atoms with van der Waals surface area (Å²) in [5.74, 6) is 1.26. The van der Waals surface area contributed by atoms with E-state index in [1.165, 1.54) is 24.6 Å². The third kappa shape index (κ3) is 4.65. The Balaban J connectivity index is 1.78. The van der Waals surface area contributed by atoms with E-state index in [9.17, 15) is 8.42 Å². The van der Waals surface area contributed by atoms with Crippen LogP contribution in [0.3, 0.4) is 0 Å². The molecule has 0 bridgehead atoms. The van der Waals surface area contributed by atoms with Gasteiger partial charge in [0.15, 0.2) is 0 Å². The Labute approximate surface area is 163 Å². The molecule has 0 aliphatic carbocycles. The van der Waals surface area contributed by atoms with E-state index >= 15 is 0 Å². The number of nitrogens with one attached hydrogen (secondary N) is 1. The Bertz CT molecular complexity index is 900. The van der Waals surface area contributed by atoms with Gasteiger partial charge < -0.3 is 4.90 Å². The minimum atomic E-state index is -3.82. The molecule has 0 saturated carbocycles. The van der Waals surface area contributed by atoms with Crippen molar-refractivity contribution in [3.8, 4) is 0 Å². The Morgan fingerprint density at radius 1 is 1.12 bits per heavy atom. The van der Waals surface area contributed by atoms with Crippen molar-refractivity contribution in [3.63, 3.8) is 0 Å². The fourth-order valence-electron chi connectivity index (χ4n) is 2.90. The summed E-state index contributed by atoms with van der Waals surface area (Å²) in [6.45, 7) is 3.77. The number of aromatic nitrogens is 2. The second-order valence-electron chi connectivity index (χ2n) is 6.23. The molecule has 1 aromatic carbocycles. The van der Waals surface area contributed by atoms with Crippen molar-refractivity contribution in [2.45, 2.75) is 37.6 Å². The topological polar surface area (TPSA) is 75.2 Å². The number of halogens is 2. The van der Waals surface area contributed by atoms with Crippen LogP contribution in [0.1, 0.15) is 30.8 Å². The van der Waals surface area contributed by atoms with Gasteiger partial charge in [0.25, 0.3) is 0 Å². The summed E-state index contributed by atoms with van der Waals surface area (Å²) in [5.41, 5.74) is 0.801. The summed E-state index contributed by atoms with van der Waals surface area (Å²) in [6.07, 6.45) is 3.50. The number of hydrogen-bond acceptors (Lipinski definition) is 5. The molecule has 140 valence electrons. The first kappa shape index (κ1) is 19.4. The van der Waals surface area contributed by atoms with Crippen LogP contribution in [0.15, 0.2) is 29.2 Å². The van der Waals surface area contributed by atoms with Crippen LogP contribution in [0.5, 0.6) is 0 Å². The number of nitrogens with zero attached hydrogens (tertiary/aromatic N) is 3. The van der Waals surface area contributed by atoms with Crippen LogP contribution in [-0.4, -0.2) is 31.5 Å². The molecule has 1 aliphatic heterocycles. The molecule has 0 atom stereocenters. The predicted octanol–water partition coefficient (Wildman–Crippen LogP) is 3.56. The van der Waals surface area contributed by atoms with Gasteiger partial charge in [0, 0.05) is 29.9 Å². The van der Waals surface area contributed by atoms with Crippen molar-refractivity contribution < 1.29 is 8.42 Å². The Kier molecular flexibility index (Phi) is 6.02. The molecule has 9 heteroatoms. The fraction of sp³-hybridized carbons (Fsp3) is 0.412. The molecule has 1 aromatic heterocycles. The van der Waals surface area contributed by atoms with E-state index in [2.05, 4.69) is 19.6 Å². The average Bonchev–Trinajstić information content (AvgIpc) is 2.62. The second-order valence-corrected chi connectivity index (χ2v) is 8.81. The summed E-state index contributed by atoms with van der Waals surface area (Å²) >= 11 is 11.9. The van der Waals surface area contributed by atoms with Gasteiger partial charge in [-0.25, -0.2) is 23.1 Å². The van der Waals surface area contributed by atoms with Gasteiger partial charge in [-0.1, -0.05) is 23.2 Å². The van der Waals surface area contributed by atoms with Gasteiger partial charge >= 0.3 is 0 Å². The van der Waals surface area contributed by atoms with E-state index in [1.54, 1.807) is 0 Å². The molecule has 2 heterocycles. The molecule has 0 amide bonds. The van der Waals surface area contributed by atoms with Gasteiger partial charge in [-0.2, -0.15) is 0 Å². The largest absolute Gasteiger partial charge is 0.357 e. The van der Waals surface area contributed by atoms with Crippen LogP contribution >= 0.6 is 23.2 Å². The first-order valence-corrected chi connectivity index (χ1v) is 10.6. The summed E-state index contributed by atoms with van der Waals surface area (Å²) in [6, 6.07) is 6.24. The van der Waals surface area contributed by atoms with Crippen LogP contribution in [0.25, 0.3) is 0 Å². The van der Waals surface area contributed by atoms with E-state index in [0.29, 0.717) is 10.8 Å². The van der Waals surface area contributed by atoms with Gasteiger partial charge in [-0.15, -0.1) is 0 Å². The highest BCUT2D eigenvalue weighted by Gasteiger charge is 2.20. The van der Waals surface area contributed by atoms with Crippen LogP contribution < -0.4 is 9.62 Å². The monoisotopic (exact) mass is 414 g/mol. The van der Waals surface area contributed by atoms with E-state index in [-0.39, 0.29) is 16.5 Å². The maximum Gasteiger partial charge on any atom is 0.242 e. The second kappa shape index (κ2) is 8.08. The summed E-state index contributed by atoms with van der Waals surface area (Å²) in [4.78, 5) is 11.0. The zero-order valence-corrected chi connectivity index (χ0v) is 16.7. The van der Waals surface area contributed by atoms with Crippen molar-refractivity contribution in [1.82, 2.24) is 14.7 Å². The lowest BCUT2D eigenvalue weighted by molar-refractivity contribution is 0.569. The van der Waals surface area contributed by atoms with Gasteiger partial charge in [-0.3, -0.25) is 0 Å². The number of benzene rings is 1. The number of sulfonamides is 1. The summed E-state index contributed by atoms with van der Waals surface area (Å²) in [5, 5.41) is 0.412. The molecule has 0 unspecified atom stereocenters. The van der Waals surface area contributed by atoms with Crippen LogP contribution in [0.4, 0.5) is 5.82 Å². The number of piperidine rings is 1. The predicted molar refractivity (Wildman–Crippen MR) is 103 cm³/mol. The van der Waals surface area contributed by atoms with Gasteiger partial charge in [0.2, 0.25) is 10.0 Å². The fourth-order valence-corrected chi connectivity index (χ4v) is 4.64. The van der Waals surface area contributed by atoms with E-state index in [4.69, 9.17) is 23.2 Å². The lowest BCUT2D eigenvalue weighted by atomic mass is 10.1. The SMILES string of the molecule is Cc1cc(N2CCCCC2)nc(CNS(=O)(=O)c2cc(Cl)ccc2Cl)n1. The van der Waals surface area contributed by atoms with E-state index in [0.717, 1.165) is 37.4 Å². The molecule has 26 heavy (non-hydrogen) atoms. The molecule has 1 fully saturated rings. The third-order valence-corrected chi connectivity index (χ3v) is 6.29. The number of hydrogen-bond donors (Lipinski definition) is 1. The maximum atomic E-state index is 12.5. The summed E-state index contributed by atoms with van der Waals surface area (Å²) < 4.78 is 27.6. The highest BCUT2D eigenvalue weighted by atomic mass is 35.5. The van der Waals surface area contributed by atoms with Crippen molar-refractivity contribution in [1.29, 1.82) is 0 Å². The smallest absolute Gasteiger partial charge is 0.242 e. The first-order chi connectivity index (χ1) is 12.3. The molecule has 3 rings (SSSR count). The highest BCUT2D eigenvalue weighted by molar-refractivity contribution is 7.89. The van der Waals surface area contributed by atoms with E-state index in [1.807, 2.05) is 13.0 Å². The minimum Gasteiger partial charge on any atom is -0.357 e. The minimum absolute atomic E-state index is 0.0201. The molecular weight excluding hydrogens is 395 g/mol. The molecular formula is C17H20Cl2N4O2S. The first-order valence-electron chi connectivity index (χ1n) is 8.39. The lowest BCUT2D eigenvalue weighted by Gasteiger charge is -2.28. The van der Waals surface area contributed by atoms with Crippen molar-refractivity contribution in [2.24, 2.45) is 0 Å². The van der Waals surface area contributed by atoms with Crippen molar-refractivity contribution in [2.75, 3.05) is 18.0 Å². The number of anilines is 1. The van der Waals surface area contributed by atoms with Gasteiger partial charge in [0.1, 0.15) is 16.5 Å². The van der Waals surface area contributed by atoms with Crippen molar-refractivity contribution in [3.05, 3.63) is 45.8 Å². The highest BCUT2D eigenvalue weighted by Crippen LogP contribution is 2.25. The number of aryl methyl sites for hydroxylation is 1.